The van der Waals surface area contributed by atoms with Gasteiger partial charge in [0.1, 0.15) is 11.4 Å². The van der Waals surface area contributed by atoms with Crippen LogP contribution in [-0.2, 0) is 11.3 Å². The number of nitrogens with zero attached hydrogens (tertiary/aromatic N) is 3. The van der Waals surface area contributed by atoms with E-state index in [-0.39, 0.29) is 18.0 Å². The van der Waals surface area contributed by atoms with Gasteiger partial charge in [0.15, 0.2) is 0 Å². The Morgan fingerprint density at radius 3 is 2.69 bits per heavy atom. The Bertz CT molecular complexity index is 1090. The maximum atomic E-state index is 14.4. The second kappa shape index (κ2) is 9.18. The van der Waals surface area contributed by atoms with E-state index in [9.17, 15) is 9.18 Å². The molecule has 6 nitrogen and oxygen atoms in total. The van der Waals surface area contributed by atoms with Crippen LogP contribution in [0, 0.1) is 5.82 Å². The van der Waals surface area contributed by atoms with E-state index in [4.69, 9.17) is 9.72 Å². The van der Waals surface area contributed by atoms with Gasteiger partial charge in [-0.15, -0.1) is 0 Å². The van der Waals surface area contributed by atoms with E-state index >= 15 is 0 Å². The predicted molar refractivity (Wildman–Crippen MR) is 124 cm³/mol. The molecule has 1 aliphatic rings. The van der Waals surface area contributed by atoms with Gasteiger partial charge < -0.3 is 19.5 Å². The number of benzene rings is 2. The second-order valence-corrected chi connectivity index (χ2v) is 9.31. The van der Waals surface area contributed by atoms with Crippen LogP contribution < -0.4 is 5.32 Å². The Hall–Kier alpha value is -3.09. The van der Waals surface area contributed by atoms with Crippen molar-refractivity contribution in [3.05, 3.63) is 59.9 Å². The van der Waals surface area contributed by atoms with Gasteiger partial charge in [-0.2, -0.15) is 0 Å². The van der Waals surface area contributed by atoms with Crippen LogP contribution in [0.1, 0.15) is 45.6 Å². The highest BCUT2D eigenvalue weighted by Crippen LogP contribution is 2.24. The van der Waals surface area contributed by atoms with Crippen molar-refractivity contribution in [3.63, 3.8) is 0 Å². The van der Waals surface area contributed by atoms with Crippen molar-refractivity contribution in [2.75, 3.05) is 18.4 Å². The maximum absolute atomic E-state index is 14.4. The summed E-state index contributed by atoms with van der Waals surface area (Å²) < 4.78 is 22.0. The average Bonchev–Trinajstić information content (AvgIpc) is 3.10. The van der Waals surface area contributed by atoms with Crippen molar-refractivity contribution in [3.8, 4) is 0 Å². The molecule has 2 heterocycles. The van der Waals surface area contributed by atoms with Crippen LogP contribution in [0.25, 0.3) is 11.0 Å². The van der Waals surface area contributed by atoms with Crippen LogP contribution in [0.2, 0.25) is 0 Å². The molecule has 2 aromatic carbocycles. The van der Waals surface area contributed by atoms with E-state index < -0.39 is 5.60 Å². The number of imidazole rings is 1. The first-order valence-corrected chi connectivity index (χ1v) is 11.2. The summed E-state index contributed by atoms with van der Waals surface area (Å²) in [5, 5.41) is 3.44. The van der Waals surface area contributed by atoms with E-state index in [0.29, 0.717) is 31.1 Å². The lowest BCUT2D eigenvalue weighted by Crippen LogP contribution is -2.49. The second-order valence-electron chi connectivity index (χ2n) is 9.31. The van der Waals surface area contributed by atoms with Gasteiger partial charge in [0.25, 0.3) is 0 Å². The molecule has 1 saturated heterocycles. The van der Waals surface area contributed by atoms with Crippen molar-refractivity contribution < 1.29 is 13.9 Å². The smallest absolute Gasteiger partial charge is 0.410 e. The minimum absolute atomic E-state index is 0.0142. The number of halogens is 1. The Morgan fingerprint density at radius 2 is 1.91 bits per heavy atom. The first kappa shape index (κ1) is 22.1. The monoisotopic (exact) mass is 438 g/mol. The van der Waals surface area contributed by atoms with Gasteiger partial charge >= 0.3 is 6.09 Å². The molecule has 4 rings (SSSR count). The fraction of sp³-hybridized carbons (Fsp3) is 0.440. The molecule has 1 aromatic heterocycles. The molecule has 0 aliphatic carbocycles. The lowest BCUT2D eigenvalue weighted by Gasteiger charge is -2.36. The number of para-hydroxylation sites is 2. The van der Waals surface area contributed by atoms with Crippen LogP contribution in [0.15, 0.2) is 48.5 Å². The Labute approximate surface area is 188 Å². The maximum Gasteiger partial charge on any atom is 0.410 e. The minimum Gasteiger partial charge on any atom is -0.444 e. The quantitative estimate of drug-likeness (QED) is 0.577. The van der Waals surface area contributed by atoms with E-state index in [1.807, 2.05) is 60.6 Å². The number of likely N-dealkylation sites (tertiary alicyclic amines) is 1. The van der Waals surface area contributed by atoms with Gasteiger partial charge in [-0.25, -0.2) is 14.2 Å². The summed E-state index contributed by atoms with van der Waals surface area (Å²) in [6.45, 7) is 7.26. The van der Waals surface area contributed by atoms with E-state index in [1.54, 1.807) is 12.1 Å². The number of piperidine rings is 1. The summed E-state index contributed by atoms with van der Waals surface area (Å²) in [5.74, 6) is 0.434. The van der Waals surface area contributed by atoms with Crippen LogP contribution in [0.3, 0.4) is 0 Å². The van der Waals surface area contributed by atoms with Gasteiger partial charge in [-0.05, 0) is 58.2 Å². The number of fused-ring (bicyclic) bond motifs is 1. The highest BCUT2D eigenvalue weighted by molar-refractivity contribution is 5.78. The molecule has 1 amide bonds. The van der Waals surface area contributed by atoms with E-state index in [2.05, 4.69) is 5.32 Å². The number of rotatable bonds is 5. The minimum atomic E-state index is -0.528. The zero-order valence-corrected chi connectivity index (χ0v) is 19.0. The molecule has 3 aromatic rings. The van der Waals surface area contributed by atoms with Crippen LogP contribution in [-0.4, -0.2) is 45.3 Å². The number of anilines is 1. The van der Waals surface area contributed by atoms with Crippen molar-refractivity contribution in [2.45, 2.75) is 58.2 Å². The zero-order chi connectivity index (χ0) is 22.7. The molecule has 0 bridgehead atoms. The molecular weight excluding hydrogens is 407 g/mol. The lowest BCUT2D eigenvalue weighted by molar-refractivity contribution is 0.0114. The molecule has 1 N–H and O–H groups in total. The zero-order valence-electron chi connectivity index (χ0n) is 19.0. The molecule has 0 unspecified atom stereocenters. The normalized spacial score (nSPS) is 16.9. The summed E-state index contributed by atoms with van der Waals surface area (Å²) in [7, 11) is 0. The van der Waals surface area contributed by atoms with Crippen molar-refractivity contribution in [1.29, 1.82) is 0 Å². The molecule has 0 spiro atoms. The number of hydrogen-bond acceptors (Lipinski definition) is 4. The summed E-state index contributed by atoms with van der Waals surface area (Å²) >= 11 is 0. The van der Waals surface area contributed by atoms with Gasteiger partial charge in [-0.1, -0.05) is 30.3 Å². The predicted octanol–water partition coefficient (Wildman–Crippen LogP) is 5.43. The third-order valence-electron chi connectivity index (χ3n) is 5.69. The number of carbonyl (C=O) groups excluding carboxylic acids is 1. The topological polar surface area (TPSA) is 59.4 Å². The summed E-state index contributed by atoms with van der Waals surface area (Å²) in [5.41, 5.74) is 1.86. The molecule has 1 atom stereocenters. The van der Waals surface area contributed by atoms with Crippen molar-refractivity contribution in [1.82, 2.24) is 14.5 Å². The molecular formula is C25H31FN4O2. The summed E-state index contributed by atoms with van der Waals surface area (Å²) in [4.78, 5) is 19.3. The highest BCUT2D eigenvalue weighted by Gasteiger charge is 2.30. The third-order valence-corrected chi connectivity index (χ3v) is 5.69. The standard InChI is InChI=1S/C25H31FN4O2/c1-25(2,3)32-24(31)29-15-9-8-11-19(29)16-27-23-28-21-13-6-7-14-22(21)30(23)17-18-10-4-5-12-20(18)26/h4-7,10,12-14,19H,8-9,11,15-17H2,1-3H3,(H,27,28)/t19-/m1/s1. The average molecular weight is 439 g/mol. The Morgan fingerprint density at radius 1 is 1.16 bits per heavy atom. The van der Waals surface area contributed by atoms with Gasteiger partial charge in [0, 0.05) is 18.7 Å². The van der Waals surface area contributed by atoms with E-state index in [1.165, 1.54) is 6.07 Å². The van der Waals surface area contributed by atoms with Crippen molar-refractivity contribution in [2.24, 2.45) is 0 Å². The SMILES string of the molecule is CC(C)(C)OC(=O)N1CCCC[C@@H]1CNc1nc2ccccc2n1Cc1ccccc1F. The highest BCUT2D eigenvalue weighted by atomic mass is 19.1. The van der Waals surface area contributed by atoms with Crippen molar-refractivity contribution >= 4 is 23.1 Å². The summed E-state index contributed by atoms with van der Waals surface area (Å²) in [6, 6.07) is 14.6. The van der Waals surface area contributed by atoms with Crippen LogP contribution in [0.4, 0.5) is 15.1 Å². The van der Waals surface area contributed by atoms with Gasteiger partial charge in [0.05, 0.1) is 23.6 Å². The molecule has 7 heteroatoms. The number of amides is 1. The molecule has 1 aliphatic heterocycles. The number of nitrogens with one attached hydrogen (secondary N) is 1. The van der Waals surface area contributed by atoms with Gasteiger partial charge in [0.2, 0.25) is 5.95 Å². The number of ether oxygens (including phenoxy) is 1. The molecule has 170 valence electrons. The van der Waals surface area contributed by atoms with Gasteiger partial charge in [-0.3, -0.25) is 0 Å². The lowest BCUT2D eigenvalue weighted by atomic mass is 10.0. The number of aromatic nitrogens is 2. The molecule has 0 saturated carbocycles. The molecule has 32 heavy (non-hydrogen) atoms. The fourth-order valence-electron chi connectivity index (χ4n) is 4.15. The fourth-order valence-corrected chi connectivity index (χ4v) is 4.15. The largest absolute Gasteiger partial charge is 0.444 e. The molecule has 1 fully saturated rings. The van der Waals surface area contributed by atoms with E-state index in [0.717, 1.165) is 30.3 Å². The Balaban J connectivity index is 1.56. The number of carbonyl (C=O) groups is 1. The van der Waals surface area contributed by atoms with Crippen LogP contribution in [0.5, 0.6) is 0 Å². The summed E-state index contributed by atoms with van der Waals surface area (Å²) in [6.07, 6.45) is 2.67. The molecule has 0 radical (unpaired) electrons. The first-order valence-electron chi connectivity index (χ1n) is 11.2. The first-order chi connectivity index (χ1) is 15.3. The number of hydrogen-bond donors (Lipinski definition) is 1. The Kier molecular flexibility index (Phi) is 6.35. The van der Waals surface area contributed by atoms with Crippen LogP contribution >= 0.6 is 0 Å². The third kappa shape index (κ3) is 5.03.